The molecule has 0 aliphatic heterocycles. The van der Waals surface area contributed by atoms with Crippen molar-refractivity contribution in [3.05, 3.63) is 34.9 Å². The van der Waals surface area contributed by atoms with Crippen LogP contribution < -0.4 is 0 Å². The van der Waals surface area contributed by atoms with E-state index in [1.807, 2.05) is 0 Å². The third-order valence-corrected chi connectivity index (χ3v) is 2.99. The van der Waals surface area contributed by atoms with Crippen LogP contribution in [0.25, 0.3) is 0 Å². The van der Waals surface area contributed by atoms with Crippen LogP contribution in [0.4, 0.5) is 0 Å². The Balaban J connectivity index is 3.06. The molecule has 78 valence electrons. The van der Waals surface area contributed by atoms with Crippen LogP contribution in [0, 0.1) is 13.8 Å². The molecule has 14 heavy (non-hydrogen) atoms. The lowest BCUT2D eigenvalue weighted by molar-refractivity contribution is 0.470. The maximum atomic E-state index is 2.34. The average Bonchev–Trinajstić information content (AvgIpc) is 2.02. The van der Waals surface area contributed by atoms with Gasteiger partial charge in [-0.1, -0.05) is 51.0 Å². The summed E-state index contributed by atoms with van der Waals surface area (Å²) < 4.78 is 0. The van der Waals surface area contributed by atoms with Crippen molar-refractivity contribution in [1.29, 1.82) is 0 Å². The molecule has 0 aliphatic carbocycles. The molecule has 0 unspecified atom stereocenters. The standard InChI is InChI=1S/C14H22/c1-6-9-14(4,5)13-8-7-11(2)10-12(13)3/h7-8,10H,6,9H2,1-5H3. The summed E-state index contributed by atoms with van der Waals surface area (Å²) in [7, 11) is 0. The Bertz CT molecular complexity index is 308. The van der Waals surface area contributed by atoms with Crippen molar-refractivity contribution in [3.8, 4) is 0 Å². The van der Waals surface area contributed by atoms with Gasteiger partial charge in [0.15, 0.2) is 0 Å². The highest BCUT2D eigenvalue weighted by molar-refractivity contribution is 5.35. The lowest BCUT2D eigenvalue weighted by Crippen LogP contribution is -2.18. The second kappa shape index (κ2) is 4.16. The maximum absolute atomic E-state index is 2.34. The molecule has 0 spiro atoms. The second-order valence-electron chi connectivity index (χ2n) is 4.95. The van der Waals surface area contributed by atoms with Gasteiger partial charge in [0.05, 0.1) is 0 Å². The molecule has 0 heteroatoms. The summed E-state index contributed by atoms with van der Waals surface area (Å²) in [6, 6.07) is 6.80. The first-order valence-electron chi connectivity index (χ1n) is 5.55. The summed E-state index contributed by atoms with van der Waals surface area (Å²) in [5.74, 6) is 0. The first kappa shape index (κ1) is 11.3. The fourth-order valence-corrected chi connectivity index (χ4v) is 2.33. The number of benzene rings is 1. The van der Waals surface area contributed by atoms with E-state index >= 15 is 0 Å². The molecule has 0 saturated heterocycles. The lowest BCUT2D eigenvalue weighted by Gasteiger charge is -2.26. The predicted molar refractivity (Wildman–Crippen MR) is 63.9 cm³/mol. The minimum Gasteiger partial charge on any atom is -0.0654 e. The van der Waals surface area contributed by atoms with E-state index in [1.165, 1.54) is 29.5 Å². The van der Waals surface area contributed by atoms with E-state index in [0.717, 1.165) is 0 Å². The molecular formula is C14H22. The van der Waals surface area contributed by atoms with Gasteiger partial charge in [-0.05, 0) is 36.8 Å². The van der Waals surface area contributed by atoms with Crippen LogP contribution in [0.15, 0.2) is 18.2 Å². The lowest BCUT2D eigenvalue weighted by atomic mass is 9.78. The van der Waals surface area contributed by atoms with E-state index < -0.39 is 0 Å². The highest BCUT2D eigenvalue weighted by atomic mass is 14.2. The highest BCUT2D eigenvalue weighted by Crippen LogP contribution is 2.30. The van der Waals surface area contributed by atoms with Gasteiger partial charge in [0, 0.05) is 0 Å². The summed E-state index contributed by atoms with van der Waals surface area (Å²) in [5.41, 5.74) is 4.62. The highest BCUT2D eigenvalue weighted by Gasteiger charge is 2.20. The van der Waals surface area contributed by atoms with Crippen molar-refractivity contribution < 1.29 is 0 Å². The molecule has 0 aromatic heterocycles. The molecule has 0 fully saturated rings. The Labute approximate surface area is 88.4 Å². The van der Waals surface area contributed by atoms with Crippen LogP contribution in [-0.2, 0) is 5.41 Å². The summed E-state index contributed by atoms with van der Waals surface area (Å²) in [5, 5.41) is 0. The Hall–Kier alpha value is -0.780. The average molecular weight is 190 g/mol. The molecule has 0 aliphatic rings. The smallest absolute Gasteiger partial charge is 0.0101 e. The van der Waals surface area contributed by atoms with Crippen LogP contribution in [0.3, 0.4) is 0 Å². The van der Waals surface area contributed by atoms with Gasteiger partial charge in [0.2, 0.25) is 0 Å². The molecule has 0 atom stereocenters. The monoisotopic (exact) mass is 190 g/mol. The topological polar surface area (TPSA) is 0 Å². The Morgan fingerprint density at radius 1 is 1.14 bits per heavy atom. The predicted octanol–water partition coefficient (Wildman–Crippen LogP) is 4.38. The first-order valence-corrected chi connectivity index (χ1v) is 5.55. The minimum absolute atomic E-state index is 0.326. The first-order chi connectivity index (χ1) is 6.47. The molecular weight excluding hydrogens is 168 g/mol. The van der Waals surface area contributed by atoms with Crippen molar-refractivity contribution in [1.82, 2.24) is 0 Å². The normalized spacial score (nSPS) is 11.8. The second-order valence-corrected chi connectivity index (χ2v) is 4.95. The molecule has 0 bridgehead atoms. The molecule has 1 aromatic carbocycles. The number of hydrogen-bond donors (Lipinski definition) is 0. The Morgan fingerprint density at radius 2 is 1.79 bits per heavy atom. The van der Waals surface area contributed by atoms with Gasteiger partial charge >= 0.3 is 0 Å². The van der Waals surface area contributed by atoms with Crippen molar-refractivity contribution >= 4 is 0 Å². The van der Waals surface area contributed by atoms with Gasteiger partial charge in [-0.3, -0.25) is 0 Å². The maximum Gasteiger partial charge on any atom is -0.0101 e. The molecule has 1 rings (SSSR count). The van der Waals surface area contributed by atoms with Gasteiger partial charge in [-0.2, -0.15) is 0 Å². The van der Waals surface area contributed by atoms with Crippen LogP contribution in [0.2, 0.25) is 0 Å². The molecule has 0 radical (unpaired) electrons. The summed E-state index contributed by atoms with van der Waals surface area (Å²) >= 11 is 0. The zero-order valence-corrected chi connectivity index (χ0v) is 10.1. The van der Waals surface area contributed by atoms with E-state index in [2.05, 4.69) is 52.8 Å². The SMILES string of the molecule is CCCC(C)(C)c1ccc(C)cc1C. The van der Waals surface area contributed by atoms with Crippen molar-refractivity contribution in [2.45, 2.75) is 52.9 Å². The molecule has 0 amide bonds. The third-order valence-electron chi connectivity index (χ3n) is 2.99. The quantitative estimate of drug-likeness (QED) is 0.663. The number of aryl methyl sites for hydroxylation is 2. The minimum atomic E-state index is 0.326. The van der Waals surface area contributed by atoms with E-state index in [9.17, 15) is 0 Å². The molecule has 0 nitrogen and oxygen atoms in total. The van der Waals surface area contributed by atoms with Crippen molar-refractivity contribution in [2.24, 2.45) is 0 Å². The molecule has 0 saturated carbocycles. The van der Waals surface area contributed by atoms with Gasteiger partial charge in [-0.25, -0.2) is 0 Å². The molecule has 0 heterocycles. The third kappa shape index (κ3) is 2.37. The van der Waals surface area contributed by atoms with E-state index in [-0.39, 0.29) is 0 Å². The van der Waals surface area contributed by atoms with Crippen LogP contribution in [0.5, 0.6) is 0 Å². The van der Waals surface area contributed by atoms with E-state index in [4.69, 9.17) is 0 Å². The van der Waals surface area contributed by atoms with E-state index in [0.29, 0.717) is 5.41 Å². The Kier molecular flexibility index (Phi) is 3.36. The largest absolute Gasteiger partial charge is 0.0654 e. The van der Waals surface area contributed by atoms with Crippen LogP contribution >= 0.6 is 0 Å². The summed E-state index contributed by atoms with van der Waals surface area (Å²) in [6.45, 7) is 11.3. The van der Waals surface area contributed by atoms with Gasteiger partial charge < -0.3 is 0 Å². The molecule has 1 aromatic rings. The summed E-state index contributed by atoms with van der Waals surface area (Å²) in [6.07, 6.45) is 2.51. The zero-order chi connectivity index (χ0) is 10.8. The Morgan fingerprint density at radius 3 is 2.29 bits per heavy atom. The van der Waals surface area contributed by atoms with Gasteiger partial charge in [0.25, 0.3) is 0 Å². The zero-order valence-electron chi connectivity index (χ0n) is 10.1. The fourth-order valence-electron chi connectivity index (χ4n) is 2.33. The fraction of sp³-hybridized carbons (Fsp3) is 0.571. The van der Waals surface area contributed by atoms with Crippen LogP contribution in [-0.4, -0.2) is 0 Å². The van der Waals surface area contributed by atoms with Crippen LogP contribution in [0.1, 0.15) is 50.3 Å². The molecule has 0 N–H and O–H groups in total. The number of hydrogen-bond acceptors (Lipinski definition) is 0. The summed E-state index contributed by atoms with van der Waals surface area (Å²) in [4.78, 5) is 0. The number of rotatable bonds is 3. The van der Waals surface area contributed by atoms with Gasteiger partial charge in [0.1, 0.15) is 0 Å². The van der Waals surface area contributed by atoms with E-state index in [1.54, 1.807) is 0 Å². The van der Waals surface area contributed by atoms with Crippen molar-refractivity contribution in [2.75, 3.05) is 0 Å². The van der Waals surface area contributed by atoms with Crippen molar-refractivity contribution in [3.63, 3.8) is 0 Å². The van der Waals surface area contributed by atoms with Gasteiger partial charge in [-0.15, -0.1) is 0 Å².